The van der Waals surface area contributed by atoms with Crippen molar-refractivity contribution >= 4 is 22.8 Å². The van der Waals surface area contributed by atoms with Gasteiger partial charge in [0.05, 0.1) is 6.20 Å². The van der Waals surface area contributed by atoms with E-state index in [4.69, 9.17) is 11.6 Å². The van der Waals surface area contributed by atoms with Crippen LogP contribution in [0, 0.1) is 0 Å². The first-order chi connectivity index (χ1) is 10.8. The molecule has 0 bridgehead atoms. The van der Waals surface area contributed by atoms with Crippen LogP contribution in [0.2, 0.25) is 5.28 Å². The SMILES string of the molecule is Clc1ncc2nc(-c3ccncc3)n(-c3ccccc3)c2n1. The number of halogens is 1. The molecular weight excluding hydrogens is 298 g/mol. The molecule has 0 N–H and O–H groups in total. The fourth-order valence-electron chi connectivity index (χ4n) is 2.37. The van der Waals surface area contributed by atoms with E-state index in [-0.39, 0.29) is 5.28 Å². The van der Waals surface area contributed by atoms with E-state index >= 15 is 0 Å². The Morgan fingerprint density at radius 3 is 2.45 bits per heavy atom. The normalized spacial score (nSPS) is 11.0. The van der Waals surface area contributed by atoms with E-state index in [0.717, 1.165) is 17.1 Å². The van der Waals surface area contributed by atoms with Gasteiger partial charge in [0.25, 0.3) is 0 Å². The van der Waals surface area contributed by atoms with E-state index in [1.54, 1.807) is 18.6 Å². The molecule has 0 radical (unpaired) electrons. The van der Waals surface area contributed by atoms with Gasteiger partial charge in [-0.25, -0.2) is 9.97 Å². The van der Waals surface area contributed by atoms with Gasteiger partial charge in [0.1, 0.15) is 11.3 Å². The molecule has 0 fully saturated rings. The monoisotopic (exact) mass is 307 g/mol. The third-order valence-corrected chi connectivity index (χ3v) is 3.51. The van der Waals surface area contributed by atoms with Crippen molar-refractivity contribution in [3.63, 3.8) is 0 Å². The Hall–Kier alpha value is -2.79. The first-order valence-corrected chi connectivity index (χ1v) is 7.07. The Morgan fingerprint density at radius 1 is 0.909 bits per heavy atom. The highest BCUT2D eigenvalue weighted by molar-refractivity contribution is 6.28. The van der Waals surface area contributed by atoms with Gasteiger partial charge in [-0.3, -0.25) is 9.55 Å². The molecule has 0 aliphatic carbocycles. The van der Waals surface area contributed by atoms with Crippen molar-refractivity contribution in [2.75, 3.05) is 0 Å². The zero-order chi connectivity index (χ0) is 14.9. The molecule has 0 unspecified atom stereocenters. The van der Waals surface area contributed by atoms with Crippen LogP contribution in [0.25, 0.3) is 28.2 Å². The van der Waals surface area contributed by atoms with Gasteiger partial charge >= 0.3 is 0 Å². The zero-order valence-electron chi connectivity index (χ0n) is 11.4. The fourth-order valence-corrected chi connectivity index (χ4v) is 2.50. The molecule has 0 atom stereocenters. The van der Waals surface area contributed by atoms with Crippen molar-refractivity contribution in [2.24, 2.45) is 0 Å². The van der Waals surface area contributed by atoms with Gasteiger partial charge in [0.15, 0.2) is 5.65 Å². The van der Waals surface area contributed by atoms with Crippen molar-refractivity contribution in [2.45, 2.75) is 0 Å². The van der Waals surface area contributed by atoms with Crippen molar-refractivity contribution in [1.29, 1.82) is 0 Å². The summed E-state index contributed by atoms with van der Waals surface area (Å²) in [4.78, 5) is 17.1. The molecule has 0 saturated carbocycles. The largest absolute Gasteiger partial charge is 0.277 e. The number of fused-ring (bicyclic) bond motifs is 1. The summed E-state index contributed by atoms with van der Waals surface area (Å²) >= 11 is 5.96. The Kier molecular flexibility index (Phi) is 3.05. The summed E-state index contributed by atoms with van der Waals surface area (Å²) in [5.74, 6) is 0.778. The molecule has 3 aromatic heterocycles. The van der Waals surface area contributed by atoms with E-state index in [1.165, 1.54) is 0 Å². The Bertz CT molecular complexity index is 935. The van der Waals surface area contributed by atoms with Crippen LogP contribution in [-0.2, 0) is 0 Å². The first kappa shape index (κ1) is 12.9. The zero-order valence-corrected chi connectivity index (χ0v) is 12.1. The highest BCUT2D eigenvalue weighted by Crippen LogP contribution is 2.27. The van der Waals surface area contributed by atoms with Crippen molar-refractivity contribution < 1.29 is 0 Å². The van der Waals surface area contributed by atoms with E-state index in [1.807, 2.05) is 47.0 Å². The summed E-state index contributed by atoms with van der Waals surface area (Å²) in [6, 6.07) is 13.7. The molecule has 0 amide bonds. The second-order valence-corrected chi connectivity index (χ2v) is 5.03. The van der Waals surface area contributed by atoms with Gasteiger partial charge in [0.2, 0.25) is 5.28 Å². The predicted octanol–water partition coefficient (Wildman–Crippen LogP) is 3.53. The number of rotatable bonds is 2. The van der Waals surface area contributed by atoms with Crippen molar-refractivity contribution in [1.82, 2.24) is 24.5 Å². The average Bonchev–Trinajstić information content (AvgIpc) is 2.95. The molecule has 106 valence electrons. The molecular formula is C16H10ClN5. The number of hydrogen-bond acceptors (Lipinski definition) is 4. The number of para-hydroxylation sites is 1. The summed E-state index contributed by atoms with van der Waals surface area (Å²) in [6.07, 6.45) is 5.11. The summed E-state index contributed by atoms with van der Waals surface area (Å²) in [6.45, 7) is 0. The summed E-state index contributed by atoms with van der Waals surface area (Å²) in [5.41, 5.74) is 3.29. The summed E-state index contributed by atoms with van der Waals surface area (Å²) < 4.78 is 1.97. The molecule has 22 heavy (non-hydrogen) atoms. The maximum Gasteiger partial charge on any atom is 0.224 e. The maximum atomic E-state index is 5.96. The van der Waals surface area contributed by atoms with Gasteiger partial charge in [-0.05, 0) is 35.9 Å². The Morgan fingerprint density at radius 2 is 1.68 bits per heavy atom. The second-order valence-electron chi connectivity index (χ2n) is 4.69. The lowest BCUT2D eigenvalue weighted by Gasteiger charge is -2.08. The molecule has 5 nitrogen and oxygen atoms in total. The van der Waals surface area contributed by atoms with Crippen LogP contribution in [0.4, 0.5) is 0 Å². The quantitative estimate of drug-likeness (QED) is 0.532. The lowest BCUT2D eigenvalue weighted by atomic mass is 10.2. The van der Waals surface area contributed by atoms with Gasteiger partial charge < -0.3 is 0 Å². The Balaban J connectivity index is 2.08. The van der Waals surface area contributed by atoms with Crippen molar-refractivity contribution in [3.8, 4) is 17.1 Å². The van der Waals surface area contributed by atoms with Crippen LogP contribution < -0.4 is 0 Å². The first-order valence-electron chi connectivity index (χ1n) is 6.70. The van der Waals surface area contributed by atoms with Gasteiger partial charge in [0, 0.05) is 23.6 Å². The Labute approximate surface area is 131 Å². The topological polar surface area (TPSA) is 56.5 Å². The second kappa shape index (κ2) is 5.20. The lowest BCUT2D eigenvalue weighted by Crippen LogP contribution is -1.99. The van der Waals surface area contributed by atoms with Gasteiger partial charge in [-0.2, -0.15) is 4.98 Å². The van der Waals surface area contributed by atoms with Crippen molar-refractivity contribution in [3.05, 3.63) is 66.3 Å². The predicted molar refractivity (Wildman–Crippen MR) is 84.9 cm³/mol. The van der Waals surface area contributed by atoms with Crippen LogP contribution in [0.5, 0.6) is 0 Å². The third kappa shape index (κ3) is 2.12. The number of pyridine rings is 1. The minimum absolute atomic E-state index is 0.200. The molecule has 1 aromatic carbocycles. The van der Waals surface area contributed by atoms with Crippen LogP contribution in [0.1, 0.15) is 0 Å². The molecule has 3 heterocycles. The molecule has 6 heteroatoms. The van der Waals surface area contributed by atoms with Crippen LogP contribution >= 0.6 is 11.6 Å². The summed E-state index contributed by atoms with van der Waals surface area (Å²) in [7, 11) is 0. The highest BCUT2D eigenvalue weighted by atomic mass is 35.5. The maximum absolute atomic E-state index is 5.96. The lowest BCUT2D eigenvalue weighted by molar-refractivity contribution is 1.07. The van der Waals surface area contributed by atoms with E-state index < -0.39 is 0 Å². The molecule has 4 aromatic rings. The van der Waals surface area contributed by atoms with E-state index in [0.29, 0.717) is 11.2 Å². The smallest absolute Gasteiger partial charge is 0.224 e. The van der Waals surface area contributed by atoms with Crippen LogP contribution in [-0.4, -0.2) is 24.5 Å². The minimum atomic E-state index is 0.200. The standard InChI is InChI=1S/C16H10ClN5/c17-16-19-10-13-15(21-16)22(12-4-2-1-3-5-12)14(20-13)11-6-8-18-9-7-11/h1-10H. The van der Waals surface area contributed by atoms with E-state index in [9.17, 15) is 0 Å². The highest BCUT2D eigenvalue weighted by Gasteiger charge is 2.15. The molecule has 0 spiro atoms. The van der Waals surface area contributed by atoms with Crippen LogP contribution in [0.15, 0.2) is 61.1 Å². The number of imidazole rings is 1. The number of aromatic nitrogens is 5. The number of hydrogen-bond donors (Lipinski definition) is 0. The average molecular weight is 308 g/mol. The fraction of sp³-hybridized carbons (Fsp3) is 0. The number of benzene rings is 1. The molecule has 0 aliphatic heterocycles. The molecule has 0 aliphatic rings. The minimum Gasteiger partial charge on any atom is -0.277 e. The van der Waals surface area contributed by atoms with E-state index in [2.05, 4.69) is 19.9 Å². The number of nitrogens with zero attached hydrogens (tertiary/aromatic N) is 5. The van der Waals surface area contributed by atoms with Gasteiger partial charge in [-0.1, -0.05) is 18.2 Å². The third-order valence-electron chi connectivity index (χ3n) is 3.32. The summed E-state index contributed by atoms with van der Waals surface area (Å²) in [5, 5.41) is 0.200. The molecule has 0 saturated heterocycles. The molecule has 4 rings (SSSR count). The van der Waals surface area contributed by atoms with Gasteiger partial charge in [-0.15, -0.1) is 0 Å². The van der Waals surface area contributed by atoms with Crippen LogP contribution in [0.3, 0.4) is 0 Å².